The van der Waals surface area contributed by atoms with E-state index in [9.17, 15) is 9.59 Å². The Hall–Kier alpha value is -2.61. The van der Waals surface area contributed by atoms with E-state index in [4.69, 9.17) is 0 Å². The average molecular weight is 460 g/mol. The smallest absolute Gasteiger partial charge is 0.319 e. The Morgan fingerprint density at radius 3 is 2.41 bits per heavy atom. The van der Waals surface area contributed by atoms with Gasteiger partial charge in [-0.25, -0.2) is 9.78 Å². The van der Waals surface area contributed by atoms with Gasteiger partial charge in [0, 0.05) is 55.5 Å². The summed E-state index contributed by atoms with van der Waals surface area (Å²) in [4.78, 5) is 33.0. The number of halogens is 1. The molecule has 1 aliphatic heterocycles. The van der Waals surface area contributed by atoms with Gasteiger partial charge in [-0.2, -0.15) is 0 Å². The van der Waals surface area contributed by atoms with E-state index < -0.39 is 0 Å². The fraction of sp³-hybridized carbons (Fsp3) is 0.381. The minimum Gasteiger partial charge on any atom is -0.353 e. The van der Waals surface area contributed by atoms with Gasteiger partial charge in [-0.3, -0.25) is 4.79 Å². The third-order valence-electron chi connectivity index (χ3n) is 4.97. The van der Waals surface area contributed by atoms with Crippen LogP contribution in [0.3, 0.4) is 0 Å². The number of carbonyl (C=O) groups excluding carboxylic acids is 2. The number of urea groups is 1. The van der Waals surface area contributed by atoms with Crippen LogP contribution in [-0.4, -0.2) is 54.5 Å². The maximum atomic E-state index is 12.4. The molecule has 29 heavy (non-hydrogen) atoms. The van der Waals surface area contributed by atoms with Gasteiger partial charge in [0.05, 0.1) is 0 Å². The summed E-state index contributed by atoms with van der Waals surface area (Å²) in [5.74, 6) is 0.999. The van der Waals surface area contributed by atoms with Gasteiger partial charge in [-0.1, -0.05) is 22.0 Å². The van der Waals surface area contributed by atoms with Crippen LogP contribution in [0.2, 0.25) is 0 Å². The summed E-state index contributed by atoms with van der Waals surface area (Å²) in [6, 6.07) is 9.45. The van der Waals surface area contributed by atoms with Crippen LogP contribution in [0.4, 0.5) is 16.3 Å². The van der Waals surface area contributed by atoms with E-state index in [0.29, 0.717) is 19.6 Å². The Morgan fingerprint density at radius 2 is 1.79 bits per heavy atom. The molecule has 2 aromatic rings. The summed E-state index contributed by atoms with van der Waals surface area (Å²) >= 11 is 3.45. The number of amides is 3. The van der Waals surface area contributed by atoms with Gasteiger partial charge in [0.2, 0.25) is 5.91 Å². The van der Waals surface area contributed by atoms with Crippen molar-refractivity contribution in [2.24, 2.45) is 0 Å². The number of carbonyl (C=O) groups is 2. The lowest BCUT2D eigenvalue weighted by molar-refractivity contribution is -0.131. The second-order valence-corrected chi connectivity index (χ2v) is 8.02. The van der Waals surface area contributed by atoms with Crippen LogP contribution in [0.5, 0.6) is 0 Å². The molecule has 3 rings (SSSR count). The molecule has 0 spiro atoms. The number of aromatic nitrogens is 1. The van der Waals surface area contributed by atoms with E-state index >= 15 is 0 Å². The summed E-state index contributed by atoms with van der Waals surface area (Å²) in [5.41, 5.74) is 2.76. The number of aryl methyl sites for hydroxylation is 2. The van der Waals surface area contributed by atoms with E-state index in [1.54, 1.807) is 6.20 Å². The number of benzene rings is 1. The quantitative estimate of drug-likeness (QED) is 0.718. The Labute approximate surface area is 179 Å². The van der Waals surface area contributed by atoms with E-state index in [1.807, 2.05) is 49.1 Å². The molecule has 0 radical (unpaired) electrons. The lowest BCUT2D eigenvalue weighted by Gasteiger charge is -2.35. The van der Waals surface area contributed by atoms with Crippen molar-refractivity contribution in [1.29, 1.82) is 0 Å². The molecule has 1 aromatic carbocycles. The highest BCUT2D eigenvalue weighted by Crippen LogP contribution is 2.24. The Balaban J connectivity index is 1.41. The monoisotopic (exact) mass is 459 g/mol. The molecule has 0 aliphatic carbocycles. The van der Waals surface area contributed by atoms with Gasteiger partial charge in [0.15, 0.2) is 0 Å². The lowest BCUT2D eigenvalue weighted by atomic mass is 10.1. The van der Waals surface area contributed by atoms with Crippen molar-refractivity contribution in [3.8, 4) is 0 Å². The summed E-state index contributed by atoms with van der Waals surface area (Å²) in [6.07, 6.45) is 2.07. The Kier molecular flexibility index (Phi) is 7.09. The third kappa shape index (κ3) is 5.69. The SMILES string of the molecule is Cc1cc(Br)cc(C)c1NC(=O)NCCC(=O)N1CCN(c2ccccn2)CC1. The normalized spacial score (nSPS) is 13.9. The number of piperazine rings is 1. The highest BCUT2D eigenvalue weighted by Gasteiger charge is 2.21. The first-order chi connectivity index (χ1) is 13.9. The Morgan fingerprint density at radius 1 is 1.10 bits per heavy atom. The van der Waals surface area contributed by atoms with Crippen molar-refractivity contribution in [2.45, 2.75) is 20.3 Å². The molecule has 1 fully saturated rings. The predicted molar refractivity (Wildman–Crippen MR) is 118 cm³/mol. The van der Waals surface area contributed by atoms with Gasteiger partial charge in [0.25, 0.3) is 0 Å². The molecule has 7 nitrogen and oxygen atoms in total. The van der Waals surface area contributed by atoms with Crippen molar-refractivity contribution in [3.05, 3.63) is 52.1 Å². The number of anilines is 2. The zero-order chi connectivity index (χ0) is 20.8. The van der Waals surface area contributed by atoms with Crippen LogP contribution in [0.25, 0.3) is 0 Å². The lowest BCUT2D eigenvalue weighted by Crippen LogP contribution is -2.49. The topological polar surface area (TPSA) is 77.6 Å². The number of nitrogens with one attached hydrogen (secondary N) is 2. The Bertz CT molecular complexity index is 844. The zero-order valence-corrected chi connectivity index (χ0v) is 18.3. The van der Waals surface area contributed by atoms with E-state index in [-0.39, 0.29) is 18.4 Å². The fourth-order valence-corrected chi connectivity index (χ4v) is 4.12. The van der Waals surface area contributed by atoms with Crippen LogP contribution in [-0.2, 0) is 4.79 Å². The molecular weight excluding hydrogens is 434 g/mol. The van der Waals surface area contributed by atoms with Gasteiger partial charge >= 0.3 is 6.03 Å². The standard InChI is InChI=1S/C21H26BrN5O2/c1-15-13-17(22)14-16(2)20(15)25-21(29)24-8-6-19(28)27-11-9-26(10-12-27)18-5-3-4-7-23-18/h3-5,7,13-14H,6,8-12H2,1-2H3,(H2,24,25,29). The molecule has 3 amide bonds. The molecule has 1 aliphatic rings. The molecule has 2 N–H and O–H groups in total. The number of hydrogen-bond donors (Lipinski definition) is 2. The van der Waals surface area contributed by atoms with Gasteiger partial charge < -0.3 is 20.4 Å². The van der Waals surface area contributed by atoms with Crippen LogP contribution < -0.4 is 15.5 Å². The predicted octanol–water partition coefficient (Wildman–Crippen LogP) is 3.32. The van der Waals surface area contributed by atoms with E-state index in [1.165, 1.54) is 0 Å². The molecule has 0 saturated carbocycles. The van der Waals surface area contributed by atoms with Gasteiger partial charge in [-0.15, -0.1) is 0 Å². The molecule has 0 bridgehead atoms. The third-order valence-corrected chi connectivity index (χ3v) is 5.42. The maximum Gasteiger partial charge on any atom is 0.319 e. The van der Waals surface area contributed by atoms with Crippen molar-refractivity contribution in [3.63, 3.8) is 0 Å². The molecule has 1 saturated heterocycles. The molecule has 1 aromatic heterocycles. The average Bonchev–Trinajstić information content (AvgIpc) is 2.71. The summed E-state index contributed by atoms with van der Waals surface area (Å²) in [6.45, 7) is 7.05. The van der Waals surface area contributed by atoms with Gasteiger partial charge in [-0.05, 0) is 49.2 Å². The molecule has 0 atom stereocenters. The molecular formula is C21H26BrN5O2. The summed E-state index contributed by atoms with van der Waals surface area (Å²) < 4.78 is 0.979. The summed E-state index contributed by atoms with van der Waals surface area (Å²) in [7, 11) is 0. The highest BCUT2D eigenvalue weighted by molar-refractivity contribution is 9.10. The first kappa shape index (κ1) is 21.1. The first-order valence-corrected chi connectivity index (χ1v) is 10.5. The minimum absolute atomic E-state index is 0.0574. The number of nitrogens with zero attached hydrogens (tertiary/aromatic N) is 3. The molecule has 2 heterocycles. The van der Waals surface area contributed by atoms with Crippen molar-refractivity contribution >= 4 is 39.4 Å². The zero-order valence-electron chi connectivity index (χ0n) is 16.7. The van der Waals surface area contributed by atoms with Crippen molar-refractivity contribution < 1.29 is 9.59 Å². The van der Waals surface area contributed by atoms with E-state index in [0.717, 1.165) is 40.2 Å². The maximum absolute atomic E-state index is 12.4. The van der Waals surface area contributed by atoms with Crippen molar-refractivity contribution in [1.82, 2.24) is 15.2 Å². The summed E-state index contributed by atoms with van der Waals surface area (Å²) in [5, 5.41) is 5.65. The second kappa shape index (κ2) is 9.73. The number of pyridine rings is 1. The fourth-order valence-electron chi connectivity index (χ4n) is 3.43. The van der Waals surface area contributed by atoms with Crippen LogP contribution in [0.15, 0.2) is 41.0 Å². The molecule has 8 heteroatoms. The second-order valence-electron chi connectivity index (χ2n) is 7.10. The largest absolute Gasteiger partial charge is 0.353 e. The number of rotatable bonds is 5. The van der Waals surface area contributed by atoms with Crippen LogP contribution >= 0.6 is 15.9 Å². The molecule has 0 unspecified atom stereocenters. The van der Waals surface area contributed by atoms with Gasteiger partial charge in [0.1, 0.15) is 5.82 Å². The first-order valence-electron chi connectivity index (χ1n) is 9.69. The van der Waals surface area contributed by atoms with Crippen molar-refractivity contribution in [2.75, 3.05) is 42.9 Å². The molecule has 154 valence electrons. The van der Waals surface area contributed by atoms with Crippen LogP contribution in [0.1, 0.15) is 17.5 Å². The minimum atomic E-state index is -0.300. The number of hydrogen-bond acceptors (Lipinski definition) is 4. The highest BCUT2D eigenvalue weighted by atomic mass is 79.9. The van der Waals surface area contributed by atoms with E-state index in [2.05, 4.69) is 36.4 Å². The van der Waals surface area contributed by atoms with Crippen LogP contribution in [0, 0.1) is 13.8 Å².